The first kappa shape index (κ1) is 24.3. The minimum absolute atomic E-state index is 0. The molecule has 1 heterocycles. The molecule has 0 aliphatic carbocycles. The second-order valence-electron chi connectivity index (χ2n) is 5.53. The van der Waals surface area contributed by atoms with E-state index in [1.807, 2.05) is 6.20 Å². The summed E-state index contributed by atoms with van der Waals surface area (Å²) >= 11 is 1.70. The Labute approximate surface area is 184 Å². The Morgan fingerprint density at radius 3 is 2.71 bits per heavy atom. The number of alkyl halides is 2. The van der Waals surface area contributed by atoms with Crippen LogP contribution in [0.15, 0.2) is 29.4 Å². The average Bonchev–Trinajstić information content (AvgIpc) is 3.12. The minimum Gasteiger partial charge on any atom is -0.497 e. The zero-order valence-electron chi connectivity index (χ0n) is 16.0. The second-order valence-corrected chi connectivity index (χ2v) is 6.73. The molecule has 2 aromatic rings. The molecule has 0 aliphatic rings. The molecule has 156 valence electrons. The number of aryl methyl sites for hydroxylation is 1. The van der Waals surface area contributed by atoms with Crippen molar-refractivity contribution in [2.24, 2.45) is 4.99 Å². The van der Waals surface area contributed by atoms with Crippen LogP contribution in [0.3, 0.4) is 0 Å². The van der Waals surface area contributed by atoms with Crippen LogP contribution in [0.5, 0.6) is 11.5 Å². The van der Waals surface area contributed by atoms with Gasteiger partial charge in [0.2, 0.25) is 0 Å². The molecule has 0 unspecified atom stereocenters. The number of hydrogen-bond donors (Lipinski definition) is 2. The van der Waals surface area contributed by atoms with Gasteiger partial charge in [0.15, 0.2) is 5.96 Å². The molecule has 0 saturated carbocycles. The molecule has 2 rings (SSSR count). The number of nitrogens with zero attached hydrogens (tertiary/aromatic N) is 2. The summed E-state index contributed by atoms with van der Waals surface area (Å²) in [7, 11) is 3.12. The molecule has 0 spiro atoms. The molecule has 2 N–H and O–H groups in total. The van der Waals surface area contributed by atoms with E-state index in [2.05, 4.69) is 32.3 Å². The van der Waals surface area contributed by atoms with E-state index in [0.29, 0.717) is 23.8 Å². The lowest BCUT2D eigenvalue weighted by atomic mass is 10.2. The van der Waals surface area contributed by atoms with Crippen LogP contribution in [-0.2, 0) is 19.4 Å². The van der Waals surface area contributed by atoms with Crippen molar-refractivity contribution < 1.29 is 18.3 Å². The van der Waals surface area contributed by atoms with Crippen molar-refractivity contribution >= 4 is 41.3 Å². The van der Waals surface area contributed by atoms with Crippen molar-refractivity contribution in [2.75, 3.05) is 20.7 Å². The average molecular weight is 526 g/mol. The van der Waals surface area contributed by atoms with Gasteiger partial charge in [-0.1, -0.05) is 6.92 Å². The highest BCUT2D eigenvalue weighted by Crippen LogP contribution is 2.26. The SMILES string of the molecule is CCc1cnc(CCNC(=NC)NCc2ccc(OC)cc2OC(F)F)s1.I. The lowest BCUT2D eigenvalue weighted by molar-refractivity contribution is -0.0505. The lowest BCUT2D eigenvalue weighted by Gasteiger charge is -2.15. The quantitative estimate of drug-likeness (QED) is 0.296. The first-order chi connectivity index (χ1) is 13.0. The van der Waals surface area contributed by atoms with Gasteiger partial charge >= 0.3 is 6.61 Å². The summed E-state index contributed by atoms with van der Waals surface area (Å²) in [5, 5.41) is 7.35. The first-order valence-corrected chi connectivity index (χ1v) is 9.37. The van der Waals surface area contributed by atoms with E-state index in [4.69, 9.17) is 4.74 Å². The van der Waals surface area contributed by atoms with Crippen LogP contribution in [0.25, 0.3) is 0 Å². The maximum absolute atomic E-state index is 12.6. The van der Waals surface area contributed by atoms with Gasteiger partial charge in [0, 0.05) is 49.3 Å². The summed E-state index contributed by atoms with van der Waals surface area (Å²) in [6.07, 6.45) is 3.67. The fourth-order valence-electron chi connectivity index (χ4n) is 2.33. The third-order valence-electron chi connectivity index (χ3n) is 3.74. The van der Waals surface area contributed by atoms with E-state index in [9.17, 15) is 8.78 Å². The molecule has 0 fully saturated rings. The summed E-state index contributed by atoms with van der Waals surface area (Å²) in [5.41, 5.74) is 0.576. The normalized spacial score (nSPS) is 11.1. The topological polar surface area (TPSA) is 67.8 Å². The molecule has 1 aromatic heterocycles. The van der Waals surface area contributed by atoms with Crippen molar-refractivity contribution in [3.05, 3.63) is 39.8 Å². The molecule has 1 aromatic carbocycles. The Bertz CT molecular complexity index is 759. The van der Waals surface area contributed by atoms with E-state index in [1.54, 1.807) is 30.5 Å². The third-order valence-corrected chi connectivity index (χ3v) is 4.94. The van der Waals surface area contributed by atoms with Gasteiger partial charge in [-0.05, 0) is 18.6 Å². The number of ether oxygens (including phenoxy) is 2. The first-order valence-electron chi connectivity index (χ1n) is 8.55. The Balaban J connectivity index is 0.00000392. The number of hydrogen-bond acceptors (Lipinski definition) is 5. The summed E-state index contributed by atoms with van der Waals surface area (Å²) < 4.78 is 34.9. The number of halogens is 3. The third kappa shape index (κ3) is 7.74. The molecule has 28 heavy (non-hydrogen) atoms. The highest BCUT2D eigenvalue weighted by molar-refractivity contribution is 14.0. The Hall–Kier alpha value is -1.69. The van der Waals surface area contributed by atoms with Crippen LogP contribution in [0.4, 0.5) is 8.78 Å². The summed E-state index contributed by atoms with van der Waals surface area (Å²) in [6.45, 7) is 0.147. The maximum Gasteiger partial charge on any atom is 0.387 e. The number of aromatic nitrogens is 1. The smallest absolute Gasteiger partial charge is 0.387 e. The minimum atomic E-state index is -2.90. The van der Waals surface area contributed by atoms with Crippen LogP contribution < -0.4 is 20.1 Å². The van der Waals surface area contributed by atoms with E-state index in [0.717, 1.165) is 17.8 Å². The van der Waals surface area contributed by atoms with Gasteiger partial charge < -0.3 is 20.1 Å². The largest absolute Gasteiger partial charge is 0.497 e. The Morgan fingerprint density at radius 1 is 1.32 bits per heavy atom. The zero-order valence-corrected chi connectivity index (χ0v) is 19.1. The maximum atomic E-state index is 12.6. The number of guanidine groups is 1. The van der Waals surface area contributed by atoms with Crippen molar-refractivity contribution in [1.29, 1.82) is 0 Å². The predicted molar refractivity (Wildman–Crippen MR) is 118 cm³/mol. The number of methoxy groups -OCH3 is 1. The number of benzene rings is 1. The molecule has 0 amide bonds. The fourth-order valence-corrected chi connectivity index (χ4v) is 3.19. The summed E-state index contributed by atoms with van der Waals surface area (Å²) in [6, 6.07) is 4.81. The summed E-state index contributed by atoms with van der Waals surface area (Å²) in [4.78, 5) is 9.78. The van der Waals surface area contributed by atoms with E-state index in [-0.39, 0.29) is 36.3 Å². The standard InChI is InChI=1S/C18H24F2N4O2S.HI/c1-4-14-11-23-16(27-14)7-8-22-18(21-2)24-10-12-5-6-13(25-3)9-15(12)26-17(19)20;/h5-6,9,11,17H,4,7-8,10H2,1-3H3,(H2,21,22,24);1H. The van der Waals surface area contributed by atoms with Crippen LogP contribution >= 0.6 is 35.3 Å². The zero-order chi connectivity index (χ0) is 19.6. The molecule has 0 radical (unpaired) electrons. The molecule has 0 aliphatic heterocycles. The number of aliphatic imine (C=N–C) groups is 1. The van der Waals surface area contributed by atoms with Gasteiger partial charge in [-0.3, -0.25) is 4.99 Å². The second kappa shape index (κ2) is 12.7. The van der Waals surface area contributed by atoms with Crippen molar-refractivity contribution in [3.8, 4) is 11.5 Å². The van der Waals surface area contributed by atoms with Crippen LogP contribution in [0.2, 0.25) is 0 Å². The van der Waals surface area contributed by atoms with Gasteiger partial charge in [-0.15, -0.1) is 35.3 Å². The lowest BCUT2D eigenvalue weighted by Crippen LogP contribution is -2.37. The van der Waals surface area contributed by atoms with Gasteiger partial charge in [0.05, 0.1) is 12.1 Å². The number of nitrogens with one attached hydrogen (secondary N) is 2. The number of rotatable bonds is 9. The molecule has 10 heteroatoms. The molecule has 0 saturated heterocycles. The fraction of sp³-hybridized carbons (Fsp3) is 0.444. The molecule has 0 atom stereocenters. The van der Waals surface area contributed by atoms with Gasteiger partial charge in [0.1, 0.15) is 11.5 Å². The molecule has 6 nitrogen and oxygen atoms in total. The van der Waals surface area contributed by atoms with Crippen molar-refractivity contribution in [1.82, 2.24) is 15.6 Å². The van der Waals surface area contributed by atoms with Crippen LogP contribution in [0, 0.1) is 0 Å². The van der Waals surface area contributed by atoms with Crippen LogP contribution in [-0.4, -0.2) is 38.3 Å². The molecule has 0 bridgehead atoms. The van der Waals surface area contributed by atoms with E-state index < -0.39 is 6.61 Å². The predicted octanol–water partition coefficient (Wildman–Crippen LogP) is 3.84. The monoisotopic (exact) mass is 526 g/mol. The Morgan fingerprint density at radius 2 is 2.11 bits per heavy atom. The number of thiazole rings is 1. The van der Waals surface area contributed by atoms with Gasteiger partial charge in [0.25, 0.3) is 0 Å². The highest BCUT2D eigenvalue weighted by atomic mass is 127. The van der Waals surface area contributed by atoms with Gasteiger partial charge in [-0.2, -0.15) is 8.78 Å². The highest BCUT2D eigenvalue weighted by Gasteiger charge is 2.12. The van der Waals surface area contributed by atoms with Crippen molar-refractivity contribution in [3.63, 3.8) is 0 Å². The van der Waals surface area contributed by atoms with Crippen molar-refractivity contribution in [2.45, 2.75) is 32.9 Å². The summed E-state index contributed by atoms with van der Waals surface area (Å²) in [5.74, 6) is 1.09. The van der Waals surface area contributed by atoms with E-state index >= 15 is 0 Å². The van der Waals surface area contributed by atoms with E-state index in [1.165, 1.54) is 18.1 Å². The Kier molecular flexibility index (Phi) is 11.0. The molecular weight excluding hydrogens is 501 g/mol. The molecular formula is C18H25F2IN4O2S. The van der Waals surface area contributed by atoms with Gasteiger partial charge in [-0.25, -0.2) is 4.98 Å². The van der Waals surface area contributed by atoms with Crippen LogP contribution in [0.1, 0.15) is 22.4 Å².